The summed E-state index contributed by atoms with van der Waals surface area (Å²) in [6, 6.07) is 9.52. The number of aryl methyl sites for hydroxylation is 1. The Morgan fingerprint density at radius 2 is 2.13 bits per heavy atom. The zero-order valence-electron chi connectivity index (χ0n) is 8.19. The number of rotatable bonds is 1. The fourth-order valence-corrected chi connectivity index (χ4v) is 2.02. The molecule has 3 nitrogen and oxygen atoms in total. The van der Waals surface area contributed by atoms with Crippen molar-refractivity contribution in [1.82, 2.24) is 4.98 Å². The quantitative estimate of drug-likeness (QED) is 0.795. The number of thiophene rings is 1. The molecule has 0 spiro atoms. The normalized spacial score (nSPS) is 9.87. The Kier molecular flexibility index (Phi) is 2.40. The molecule has 0 radical (unpaired) electrons. The van der Waals surface area contributed by atoms with Gasteiger partial charge in [-0.3, -0.25) is 4.98 Å². The molecule has 0 saturated carbocycles. The van der Waals surface area contributed by atoms with Crippen molar-refractivity contribution < 1.29 is 0 Å². The van der Waals surface area contributed by atoms with E-state index in [1.54, 1.807) is 6.07 Å². The molecule has 0 bridgehead atoms. The van der Waals surface area contributed by atoms with Gasteiger partial charge in [0.15, 0.2) is 0 Å². The van der Waals surface area contributed by atoms with Crippen molar-refractivity contribution in [3.05, 3.63) is 34.8 Å². The first-order valence-electron chi connectivity index (χ1n) is 4.44. The van der Waals surface area contributed by atoms with Crippen molar-refractivity contribution in [2.45, 2.75) is 6.92 Å². The molecule has 2 aromatic rings. The standard InChI is InChI=1S/C11H9N3S/c1-7-9(13)3-4-10(14-7)11-5-2-8(6-12)15-11/h2-5H,13H2,1H3. The first kappa shape index (κ1) is 9.69. The van der Waals surface area contributed by atoms with Gasteiger partial charge in [0.05, 0.1) is 22.0 Å². The number of nitriles is 1. The van der Waals surface area contributed by atoms with Crippen LogP contribution in [0.2, 0.25) is 0 Å². The summed E-state index contributed by atoms with van der Waals surface area (Å²) in [5, 5.41) is 8.72. The number of nitrogens with two attached hydrogens (primary N) is 1. The summed E-state index contributed by atoms with van der Waals surface area (Å²) in [4.78, 5) is 6.06. The molecule has 0 aliphatic carbocycles. The third-order valence-electron chi connectivity index (χ3n) is 2.10. The number of anilines is 1. The Labute approximate surface area is 91.8 Å². The zero-order chi connectivity index (χ0) is 10.8. The van der Waals surface area contributed by atoms with Crippen molar-refractivity contribution in [2.75, 3.05) is 5.73 Å². The summed E-state index contributed by atoms with van der Waals surface area (Å²) < 4.78 is 0. The van der Waals surface area contributed by atoms with E-state index in [9.17, 15) is 0 Å². The average molecular weight is 215 g/mol. The Hall–Kier alpha value is -1.86. The molecule has 0 unspecified atom stereocenters. The van der Waals surface area contributed by atoms with E-state index in [1.165, 1.54) is 11.3 Å². The van der Waals surface area contributed by atoms with Gasteiger partial charge < -0.3 is 5.73 Å². The van der Waals surface area contributed by atoms with Crippen molar-refractivity contribution >= 4 is 17.0 Å². The molecule has 0 atom stereocenters. The zero-order valence-corrected chi connectivity index (χ0v) is 9.01. The van der Waals surface area contributed by atoms with E-state index in [-0.39, 0.29) is 0 Å². The van der Waals surface area contributed by atoms with Crippen LogP contribution in [0.25, 0.3) is 10.6 Å². The van der Waals surface area contributed by atoms with Crippen LogP contribution < -0.4 is 5.73 Å². The Morgan fingerprint density at radius 3 is 2.73 bits per heavy atom. The van der Waals surface area contributed by atoms with Crippen molar-refractivity contribution in [1.29, 1.82) is 5.26 Å². The molecule has 0 amide bonds. The highest BCUT2D eigenvalue weighted by Crippen LogP contribution is 2.27. The van der Waals surface area contributed by atoms with Crippen LogP contribution in [0, 0.1) is 18.3 Å². The third kappa shape index (κ3) is 1.83. The molecule has 74 valence electrons. The number of nitrogen functional groups attached to an aromatic ring is 1. The number of aromatic nitrogens is 1. The maximum atomic E-state index is 8.72. The van der Waals surface area contributed by atoms with E-state index in [0.29, 0.717) is 10.6 Å². The molecule has 0 saturated heterocycles. The lowest BCUT2D eigenvalue weighted by Gasteiger charge is -2.01. The SMILES string of the molecule is Cc1nc(-c2ccc(C#N)s2)ccc1N. The first-order chi connectivity index (χ1) is 7.20. The van der Waals surface area contributed by atoms with Crippen molar-refractivity contribution in [3.8, 4) is 16.6 Å². The maximum Gasteiger partial charge on any atom is 0.110 e. The molecule has 4 heteroatoms. The lowest BCUT2D eigenvalue weighted by Crippen LogP contribution is -1.93. The molecular weight excluding hydrogens is 206 g/mol. The maximum absolute atomic E-state index is 8.72. The monoisotopic (exact) mass is 215 g/mol. The highest BCUT2D eigenvalue weighted by molar-refractivity contribution is 7.15. The van der Waals surface area contributed by atoms with Gasteiger partial charge in [0.25, 0.3) is 0 Å². The number of hydrogen-bond acceptors (Lipinski definition) is 4. The lowest BCUT2D eigenvalue weighted by molar-refractivity contribution is 1.22. The van der Waals surface area contributed by atoms with E-state index < -0.39 is 0 Å². The van der Waals surface area contributed by atoms with Gasteiger partial charge in [-0.15, -0.1) is 11.3 Å². The van der Waals surface area contributed by atoms with Gasteiger partial charge in [-0.2, -0.15) is 5.26 Å². The fourth-order valence-electron chi connectivity index (χ4n) is 1.24. The van der Waals surface area contributed by atoms with Gasteiger partial charge >= 0.3 is 0 Å². The number of nitrogens with zero attached hydrogens (tertiary/aromatic N) is 2. The molecular formula is C11H9N3S. The second-order valence-electron chi connectivity index (χ2n) is 3.15. The minimum absolute atomic E-state index is 0.691. The van der Waals surface area contributed by atoms with E-state index >= 15 is 0 Å². The lowest BCUT2D eigenvalue weighted by atomic mass is 10.2. The second-order valence-corrected chi connectivity index (χ2v) is 4.23. The van der Waals surface area contributed by atoms with Crippen LogP contribution in [0.3, 0.4) is 0 Å². The topological polar surface area (TPSA) is 62.7 Å². The van der Waals surface area contributed by atoms with Crippen LogP contribution in [0.4, 0.5) is 5.69 Å². The molecule has 2 rings (SSSR count). The van der Waals surface area contributed by atoms with Gasteiger partial charge in [-0.25, -0.2) is 0 Å². The van der Waals surface area contributed by atoms with E-state index in [4.69, 9.17) is 11.0 Å². The minimum Gasteiger partial charge on any atom is -0.397 e. The predicted octanol–water partition coefficient (Wildman–Crippen LogP) is 2.57. The fraction of sp³-hybridized carbons (Fsp3) is 0.0909. The molecule has 0 fully saturated rings. The highest BCUT2D eigenvalue weighted by Gasteiger charge is 2.05. The summed E-state index contributed by atoms with van der Waals surface area (Å²) in [5.74, 6) is 0. The van der Waals surface area contributed by atoms with Crippen LogP contribution in [-0.4, -0.2) is 4.98 Å². The summed E-state index contributed by atoms with van der Waals surface area (Å²) in [7, 11) is 0. The summed E-state index contributed by atoms with van der Waals surface area (Å²) in [6.45, 7) is 1.87. The average Bonchev–Trinajstić information content (AvgIpc) is 2.70. The largest absolute Gasteiger partial charge is 0.397 e. The predicted molar refractivity (Wildman–Crippen MR) is 61.4 cm³/mol. The van der Waals surface area contributed by atoms with Crippen LogP contribution in [0.5, 0.6) is 0 Å². The van der Waals surface area contributed by atoms with Crippen molar-refractivity contribution in [3.63, 3.8) is 0 Å². The summed E-state index contributed by atoms with van der Waals surface area (Å²) in [6.07, 6.45) is 0. The van der Waals surface area contributed by atoms with Crippen molar-refractivity contribution in [2.24, 2.45) is 0 Å². The molecule has 0 aliphatic rings. The second kappa shape index (κ2) is 3.71. The van der Waals surface area contributed by atoms with E-state index in [0.717, 1.165) is 16.3 Å². The molecule has 0 aromatic carbocycles. The number of hydrogen-bond donors (Lipinski definition) is 1. The highest BCUT2D eigenvalue weighted by atomic mass is 32.1. The summed E-state index contributed by atoms with van der Waals surface area (Å²) in [5.41, 5.74) is 8.06. The Bertz CT molecular complexity index is 537. The van der Waals surface area contributed by atoms with E-state index in [2.05, 4.69) is 11.1 Å². The smallest absolute Gasteiger partial charge is 0.110 e. The van der Waals surface area contributed by atoms with Gasteiger partial charge in [-0.1, -0.05) is 0 Å². The van der Waals surface area contributed by atoms with Gasteiger partial charge in [-0.05, 0) is 31.2 Å². The minimum atomic E-state index is 0.691. The Balaban J connectivity index is 2.46. The molecule has 0 aliphatic heterocycles. The number of pyridine rings is 1. The summed E-state index contributed by atoms with van der Waals surface area (Å²) >= 11 is 1.44. The van der Waals surface area contributed by atoms with Gasteiger partial charge in [0, 0.05) is 0 Å². The molecule has 15 heavy (non-hydrogen) atoms. The van der Waals surface area contributed by atoms with E-state index in [1.807, 2.05) is 25.1 Å². The van der Waals surface area contributed by atoms with Gasteiger partial charge in [0.1, 0.15) is 10.9 Å². The van der Waals surface area contributed by atoms with Crippen LogP contribution in [0.15, 0.2) is 24.3 Å². The first-order valence-corrected chi connectivity index (χ1v) is 5.26. The molecule has 2 aromatic heterocycles. The van der Waals surface area contributed by atoms with Crippen LogP contribution in [-0.2, 0) is 0 Å². The molecule has 2 N–H and O–H groups in total. The van der Waals surface area contributed by atoms with Crippen LogP contribution >= 0.6 is 11.3 Å². The van der Waals surface area contributed by atoms with Crippen LogP contribution in [0.1, 0.15) is 10.6 Å². The molecule has 2 heterocycles. The third-order valence-corrected chi connectivity index (χ3v) is 3.11. The van der Waals surface area contributed by atoms with Gasteiger partial charge in [0.2, 0.25) is 0 Å². The Morgan fingerprint density at radius 1 is 1.33 bits per heavy atom.